The number of hydrogen-bond donors (Lipinski definition) is 1. The van der Waals surface area contributed by atoms with Crippen LogP contribution in [0.5, 0.6) is 5.75 Å². The lowest BCUT2D eigenvalue weighted by Gasteiger charge is -2.29. The smallest absolute Gasteiger partial charge is 0.127 e. The lowest BCUT2D eigenvalue weighted by molar-refractivity contribution is 0.226. The highest BCUT2D eigenvalue weighted by Gasteiger charge is 2.39. The molecule has 1 fully saturated rings. The first kappa shape index (κ1) is 11.4. The van der Waals surface area contributed by atoms with E-state index >= 15 is 0 Å². The summed E-state index contributed by atoms with van der Waals surface area (Å²) in [4.78, 5) is 8.70. The number of thiazole rings is 1. The fraction of sp³-hybridized carbons (Fsp3) is 0.400. The van der Waals surface area contributed by atoms with Crippen LogP contribution in [0, 0.1) is 0 Å². The van der Waals surface area contributed by atoms with Gasteiger partial charge in [0.25, 0.3) is 0 Å². The van der Waals surface area contributed by atoms with Crippen LogP contribution >= 0.6 is 11.3 Å². The number of fused-ring (bicyclic) bond motifs is 4. The second-order valence-corrected chi connectivity index (χ2v) is 6.49. The lowest BCUT2D eigenvalue weighted by atomic mass is 10.1. The van der Waals surface area contributed by atoms with E-state index in [0.717, 1.165) is 17.0 Å². The van der Waals surface area contributed by atoms with E-state index in [4.69, 9.17) is 4.98 Å². The number of aromatic hydroxyl groups is 1. The minimum Gasteiger partial charge on any atom is -0.507 e. The molecule has 0 aliphatic carbocycles. The quantitative estimate of drug-likeness (QED) is 0.866. The first-order valence-electron chi connectivity index (χ1n) is 6.74. The van der Waals surface area contributed by atoms with Gasteiger partial charge < -0.3 is 5.11 Å². The van der Waals surface area contributed by atoms with Gasteiger partial charge >= 0.3 is 0 Å². The molecule has 2 aliphatic heterocycles. The van der Waals surface area contributed by atoms with Crippen LogP contribution in [0.4, 0.5) is 0 Å². The van der Waals surface area contributed by atoms with Crippen LogP contribution in [0.2, 0.25) is 0 Å². The van der Waals surface area contributed by atoms with Gasteiger partial charge in [-0.15, -0.1) is 11.3 Å². The Morgan fingerprint density at radius 3 is 3.00 bits per heavy atom. The molecule has 0 radical (unpaired) electrons. The van der Waals surface area contributed by atoms with Crippen molar-refractivity contribution in [2.75, 3.05) is 7.05 Å². The monoisotopic (exact) mass is 272 g/mol. The highest BCUT2D eigenvalue weighted by atomic mass is 32.1. The van der Waals surface area contributed by atoms with Gasteiger partial charge in [-0.1, -0.05) is 12.1 Å². The summed E-state index contributed by atoms with van der Waals surface area (Å²) in [7, 11) is 2.23. The van der Waals surface area contributed by atoms with Crippen LogP contribution in [0.15, 0.2) is 24.3 Å². The molecule has 4 rings (SSSR count). The molecule has 1 aromatic heterocycles. The van der Waals surface area contributed by atoms with E-state index in [1.165, 1.54) is 23.4 Å². The minimum absolute atomic E-state index is 0.326. The maximum atomic E-state index is 9.97. The summed E-state index contributed by atoms with van der Waals surface area (Å²) in [6, 6.07) is 8.69. The van der Waals surface area contributed by atoms with Gasteiger partial charge in [0, 0.05) is 23.4 Å². The zero-order chi connectivity index (χ0) is 13.0. The summed E-state index contributed by atoms with van der Waals surface area (Å²) < 4.78 is 0. The van der Waals surface area contributed by atoms with Gasteiger partial charge in [-0.2, -0.15) is 0 Å². The second-order valence-electron chi connectivity index (χ2n) is 5.46. The Morgan fingerprint density at radius 1 is 1.32 bits per heavy atom. The van der Waals surface area contributed by atoms with E-state index in [9.17, 15) is 5.11 Å². The van der Waals surface area contributed by atoms with Crippen molar-refractivity contribution >= 4 is 11.3 Å². The van der Waals surface area contributed by atoms with Crippen molar-refractivity contribution in [2.45, 2.75) is 31.3 Å². The molecule has 2 bridgehead atoms. The van der Waals surface area contributed by atoms with Gasteiger partial charge in [0.1, 0.15) is 10.8 Å². The van der Waals surface area contributed by atoms with E-state index in [1.54, 1.807) is 17.4 Å². The predicted octanol–water partition coefficient (Wildman–Crippen LogP) is 3.21. The molecule has 0 amide bonds. The molecule has 2 aromatic rings. The first-order valence-corrected chi connectivity index (χ1v) is 7.55. The summed E-state index contributed by atoms with van der Waals surface area (Å²) >= 11 is 1.75. The van der Waals surface area contributed by atoms with Crippen LogP contribution in [-0.4, -0.2) is 28.1 Å². The zero-order valence-corrected chi connectivity index (χ0v) is 11.7. The number of nitrogens with zero attached hydrogens (tertiary/aromatic N) is 2. The highest BCUT2D eigenvalue weighted by Crippen LogP contribution is 2.47. The third-order valence-electron chi connectivity index (χ3n) is 4.43. The summed E-state index contributed by atoms with van der Waals surface area (Å²) in [5.41, 5.74) is 2.12. The Hall–Kier alpha value is -1.39. The molecule has 4 heteroatoms. The van der Waals surface area contributed by atoms with E-state index in [2.05, 4.69) is 11.9 Å². The van der Waals surface area contributed by atoms with Crippen molar-refractivity contribution in [2.24, 2.45) is 0 Å². The first-order chi connectivity index (χ1) is 9.24. The molecular weight excluding hydrogens is 256 g/mol. The van der Waals surface area contributed by atoms with Crippen LogP contribution in [0.25, 0.3) is 10.6 Å². The van der Waals surface area contributed by atoms with Gasteiger partial charge in [-0.25, -0.2) is 4.98 Å². The molecule has 2 atom stereocenters. The molecule has 1 aromatic carbocycles. The van der Waals surface area contributed by atoms with Gasteiger partial charge in [-0.3, -0.25) is 4.90 Å². The van der Waals surface area contributed by atoms with E-state index < -0.39 is 0 Å². The predicted molar refractivity (Wildman–Crippen MR) is 76.4 cm³/mol. The Bertz CT molecular complexity index is 637. The Labute approximate surface area is 116 Å². The van der Waals surface area contributed by atoms with Crippen molar-refractivity contribution in [3.8, 4) is 16.3 Å². The molecule has 3 heterocycles. The molecule has 0 saturated carbocycles. The Morgan fingerprint density at radius 2 is 2.16 bits per heavy atom. The third kappa shape index (κ3) is 1.63. The summed E-state index contributed by atoms with van der Waals surface area (Å²) in [6.45, 7) is 0. The maximum Gasteiger partial charge on any atom is 0.127 e. The number of para-hydroxylation sites is 1. The number of rotatable bonds is 1. The van der Waals surface area contributed by atoms with Crippen molar-refractivity contribution in [1.82, 2.24) is 9.88 Å². The van der Waals surface area contributed by atoms with Crippen molar-refractivity contribution < 1.29 is 5.11 Å². The van der Waals surface area contributed by atoms with E-state index in [-0.39, 0.29) is 0 Å². The lowest BCUT2D eigenvalue weighted by Crippen LogP contribution is -2.33. The molecule has 98 valence electrons. The normalized spacial score (nSPS) is 25.5. The van der Waals surface area contributed by atoms with E-state index in [0.29, 0.717) is 17.8 Å². The number of phenolic OH excluding ortho intramolecular Hbond substituents is 1. The Kier molecular flexibility index (Phi) is 2.44. The molecule has 1 saturated heterocycles. The number of hydrogen-bond acceptors (Lipinski definition) is 4. The van der Waals surface area contributed by atoms with E-state index in [1.807, 2.05) is 18.2 Å². The van der Waals surface area contributed by atoms with Gasteiger partial charge in [-0.05, 0) is 32.0 Å². The van der Waals surface area contributed by atoms with Crippen molar-refractivity contribution in [1.29, 1.82) is 0 Å². The van der Waals surface area contributed by atoms with Crippen LogP contribution < -0.4 is 0 Å². The fourth-order valence-corrected chi connectivity index (χ4v) is 4.65. The molecule has 3 nitrogen and oxygen atoms in total. The zero-order valence-electron chi connectivity index (χ0n) is 10.8. The summed E-state index contributed by atoms with van der Waals surface area (Å²) in [5.74, 6) is 0.326. The standard InChI is InChI=1S/C15H16N2OS/c1-17-9-6-7-12(17)14-11(8-9)16-15(19-14)10-4-2-3-5-13(10)18/h2-5,9,12,18H,6-8H2,1H3. The van der Waals surface area contributed by atoms with Crippen LogP contribution in [0.3, 0.4) is 0 Å². The number of phenols is 1. The maximum absolute atomic E-state index is 9.97. The molecule has 0 spiro atoms. The number of likely N-dealkylation sites (N-methyl/N-ethyl adjacent to an activating group) is 1. The number of aromatic nitrogens is 1. The molecular formula is C15H16N2OS. The van der Waals surface area contributed by atoms with Gasteiger partial charge in [0.2, 0.25) is 0 Å². The third-order valence-corrected chi connectivity index (χ3v) is 5.67. The summed E-state index contributed by atoms with van der Waals surface area (Å²) in [5, 5.41) is 10.9. The molecule has 2 unspecified atom stereocenters. The number of benzene rings is 1. The largest absolute Gasteiger partial charge is 0.507 e. The fourth-order valence-electron chi connectivity index (χ4n) is 3.34. The second kappa shape index (κ2) is 4.05. The molecule has 1 N–H and O–H groups in total. The summed E-state index contributed by atoms with van der Waals surface area (Å²) in [6.07, 6.45) is 3.60. The van der Waals surface area contributed by atoms with Crippen LogP contribution in [-0.2, 0) is 6.42 Å². The SMILES string of the molecule is CN1C2CCC1c1sc(-c3ccccc3O)nc1C2. The molecule has 2 aliphatic rings. The average Bonchev–Trinajstić information content (AvgIpc) is 2.92. The minimum atomic E-state index is 0.326. The van der Waals surface area contributed by atoms with Gasteiger partial charge in [0.05, 0.1) is 11.3 Å². The Balaban J connectivity index is 1.81. The van der Waals surface area contributed by atoms with Crippen molar-refractivity contribution in [3.63, 3.8) is 0 Å². The highest BCUT2D eigenvalue weighted by molar-refractivity contribution is 7.15. The molecule has 19 heavy (non-hydrogen) atoms. The average molecular weight is 272 g/mol. The van der Waals surface area contributed by atoms with Crippen LogP contribution in [0.1, 0.15) is 29.5 Å². The topological polar surface area (TPSA) is 36.4 Å². The van der Waals surface area contributed by atoms with Crippen molar-refractivity contribution in [3.05, 3.63) is 34.8 Å². The van der Waals surface area contributed by atoms with Gasteiger partial charge in [0.15, 0.2) is 0 Å².